The number of benzene rings is 2. The molecule has 1 aliphatic heterocycles. The maximum Gasteiger partial charge on any atom is 0.240 e. The summed E-state index contributed by atoms with van der Waals surface area (Å²) >= 11 is 1.47. The van der Waals surface area contributed by atoms with E-state index in [4.69, 9.17) is 0 Å². The largest absolute Gasteiger partial charge is 0.306 e. The molecular weight excluding hydrogens is 342 g/mol. The zero-order chi connectivity index (χ0) is 17.5. The lowest BCUT2D eigenvalue weighted by atomic mass is 10.1. The van der Waals surface area contributed by atoms with Gasteiger partial charge in [-0.05, 0) is 43.2 Å². The molecule has 1 aliphatic rings. The number of thioether (sulfide) groups is 1. The van der Waals surface area contributed by atoms with Gasteiger partial charge in [0.1, 0.15) is 0 Å². The average molecular weight is 361 g/mol. The smallest absolute Gasteiger partial charge is 0.240 e. The molecule has 2 aromatic carbocycles. The van der Waals surface area contributed by atoms with E-state index in [9.17, 15) is 13.2 Å². The highest BCUT2D eigenvalue weighted by Gasteiger charge is 2.31. The van der Waals surface area contributed by atoms with E-state index >= 15 is 0 Å². The molecule has 24 heavy (non-hydrogen) atoms. The number of aryl methyl sites for hydroxylation is 1. The number of nitrogens with zero attached hydrogens (tertiary/aromatic N) is 1. The first kappa shape index (κ1) is 17.0. The molecule has 1 unspecified atom stereocenters. The van der Waals surface area contributed by atoms with Gasteiger partial charge in [0.2, 0.25) is 5.91 Å². The van der Waals surface area contributed by atoms with Crippen LogP contribution in [0.4, 0.5) is 5.69 Å². The molecule has 3 rings (SSSR count). The van der Waals surface area contributed by atoms with Gasteiger partial charge in [0.05, 0.1) is 22.4 Å². The summed E-state index contributed by atoms with van der Waals surface area (Å²) < 4.78 is 23.7. The number of anilines is 1. The molecule has 6 heteroatoms. The quantitative estimate of drug-likeness (QED) is 0.840. The molecule has 1 heterocycles. The summed E-state index contributed by atoms with van der Waals surface area (Å²) in [6.07, 6.45) is 1.18. The number of amides is 1. The van der Waals surface area contributed by atoms with E-state index in [-0.39, 0.29) is 16.1 Å². The summed E-state index contributed by atoms with van der Waals surface area (Å²) in [6.45, 7) is 4.33. The average Bonchev–Trinajstić information content (AvgIpc) is 2.52. The Morgan fingerprint density at radius 3 is 2.54 bits per heavy atom. The van der Waals surface area contributed by atoms with Crippen LogP contribution in [0.25, 0.3) is 0 Å². The number of hydrogen-bond acceptors (Lipinski definition) is 4. The van der Waals surface area contributed by atoms with Gasteiger partial charge in [-0.3, -0.25) is 4.79 Å². The van der Waals surface area contributed by atoms with E-state index in [1.54, 1.807) is 23.1 Å². The molecule has 4 nitrogen and oxygen atoms in total. The number of hydrogen-bond donors (Lipinski definition) is 0. The maximum absolute atomic E-state index is 12.7. The third-order valence-electron chi connectivity index (χ3n) is 4.16. The Morgan fingerprint density at radius 1 is 1.17 bits per heavy atom. The highest BCUT2D eigenvalue weighted by molar-refractivity contribution is 8.01. The van der Waals surface area contributed by atoms with Crippen LogP contribution in [0, 0.1) is 6.92 Å². The van der Waals surface area contributed by atoms with Gasteiger partial charge in [-0.2, -0.15) is 0 Å². The predicted octanol–water partition coefficient (Wildman–Crippen LogP) is 3.43. The van der Waals surface area contributed by atoms with Gasteiger partial charge >= 0.3 is 0 Å². The molecule has 2 aromatic rings. The van der Waals surface area contributed by atoms with Crippen LogP contribution >= 0.6 is 11.8 Å². The summed E-state index contributed by atoms with van der Waals surface area (Å²) in [5.41, 5.74) is 2.84. The number of carbonyl (C=O) groups is 1. The van der Waals surface area contributed by atoms with Gasteiger partial charge in [0.25, 0.3) is 0 Å². The van der Waals surface area contributed by atoms with Gasteiger partial charge in [-0.1, -0.05) is 24.3 Å². The van der Waals surface area contributed by atoms with Crippen molar-refractivity contribution in [2.75, 3.05) is 11.2 Å². The molecule has 0 saturated heterocycles. The third-order valence-corrected chi connectivity index (χ3v) is 6.42. The van der Waals surface area contributed by atoms with E-state index < -0.39 is 9.84 Å². The minimum absolute atomic E-state index is 0.00130. The SMILES string of the molecule is Cc1ccccc1CN1C(=O)C(C)Sc2ccc(S(C)(=O)=O)cc21. The number of sulfone groups is 1. The van der Waals surface area contributed by atoms with Crippen LogP contribution in [-0.4, -0.2) is 25.8 Å². The van der Waals surface area contributed by atoms with Crippen molar-refractivity contribution >= 4 is 33.2 Å². The monoisotopic (exact) mass is 361 g/mol. The van der Waals surface area contributed by atoms with Crippen molar-refractivity contribution in [3.63, 3.8) is 0 Å². The fourth-order valence-electron chi connectivity index (χ4n) is 2.74. The molecule has 0 spiro atoms. The minimum atomic E-state index is -3.32. The molecule has 126 valence electrons. The van der Waals surface area contributed by atoms with Crippen LogP contribution in [-0.2, 0) is 21.2 Å². The molecule has 0 radical (unpaired) electrons. The summed E-state index contributed by atoms with van der Waals surface area (Å²) in [5, 5.41) is -0.189. The molecule has 0 bridgehead atoms. The Balaban J connectivity index is 2.09. The molecule has 0 aromatic heterocycles. The van der Waals surface area contributed by atoms with Gasteiger partial charge in [-0.25, -0.2) is 8.42 Å². The molecule has 0 aliphatic carbocycles. The van der Waals surface area contributed by atoms with Crippen molar-refractivity contribution in [1.29, 1.82) is 0 Å². The van der Waals surface area contributed by atoms with Crippen molar-refractivity contribution in [3.05, 3.63) is 53.6 Å². The zero-order valence-electron chi connectivity index (χ0n) is 13.8. The summed E-state index contributed by atoms with van der Waals surface area (Å²) in [7, 11) is -3.32. The Hall–Kier alpha value is -1.79. The first-order valence-electron chi connectivity index (χ1n) is 7.64. The topological polar surface area (TPSA) is 54.5 Å². The number of carbonyl (C=O) groups excluding carboxylic acids is 1. The van der Waals surface area contributed by atoms with E-state index in [0.29, 0.717) is 12.2 Å². The van der Waals surface area contributed by atoms with Crippen LogP contribution in [0.1, 0.15) is 18.1 Å². The van der Waals surface area contributed by atoms with E-state index in [1.165, 1.54) is 18.0 Å². The first-order chi connectivity index (χ1) is 11.3. The Bertz CT molecular complexity index is 906. The number of rotatable bonds is 3. The van der Waals surface area contributed by atoms with E-state index in [1.807, 2.05) is 38.1 Å². The Labute approximate surface area is 146 Å². The molecule has 1 atom stereocenters. The fourth-order valence-corrected chi connectivity index (χ4v) is 4.42. The van der Waals surface area contributed by atoms with E-state index in [0.717, 1.165) is 16.0 Å². The Kier molecular flexibility index (Phi) is 4.44. The minimum Gasteiger partial charge on any atom is -0.306 e. The van der Waals surface area contributed by atoms with Crippen LogP contribution in [0.2, 0.25) is 0 Å². The third kappa shape index (κ3) is 3.21. The van der Waals surface area contributed by atoms with Crippen molar-refractivity contribution in [2.24, 2.45) is 0 Å². The van der Waals surface area contributed by atoms with Crippen molar-refractivity contribution in [3.8, 4) is 0 Å². The molecule has 0 saturated carbocycles. The van der Waals surface area contributed by atoms with Gasteiger partial charge in [0, 0.05) is 11.2 Å². The maximum atomic E-state index is 12.7. The van der Waals surface area contributed by atoms with Gasteiger partial charge in [-0.15, -0.1) is 11.8 Å². The summed E-state index contributed by atoms with van der Waals surface area (Å²) in [4.78, 5) is 15.6. The first-order valence-corrected chi connectivity index (χ1v) is 10.4. The van der Waals surface area contributed by atoms with Gasteiger partial charge in [0.15, 0.2) is 9.84 Å². The number of fused-ring (bicyclic) bond motifs is 1. The van der Waals surface area contributed by atoms with Crippen LogP contribution in [0.5, 0.6) is 0 Å². The second kappa shape index (κ2) is 6.26. The van der Waals surface area contributed by atoms with Crippen LogP contribution < -0.4 is 4.90 Å². The second-order valence-electron chi connectivity index (χ2n) is 6.01. The second-order valence-corrected chi connectivity index (χ2v) is 9.41. The molecule has 1 amide bonds. The Morgan fingerprint density at radius 2 is 1.88 bits per heavy atom. The predicted molar refractivity (Wildman–Crippen MR) is 97.2 cm³/mol. The van der Waals surface area contributed by atoms with E-state index in [2.05, 4.69) is 0 Å². The van der Waals surface area contributed by atoms with Crippen LogP contribution in [0.3, 0.4) is 0 Å². The molecule has 0 fully saturated rings. The lowest BCUT2D eigenvalue weighted by molar-refractivity contribution is -0.118. The summed E-state index contributed by atoms with van der Waals surface area (Å²) in [6, 6.07) is 12.9. The molecule has 0 N–H and O–H groups in total. The highest BCUT2D eigenvalue weighted by Crippen LogP contribution is 2.41. The van der Waals surface area contributed by atoms with Crippen molar-refractivity contribution in [1.82, 2.24) is 0 Å². The zero-order valence-corrected chi connectivity index (χ0v) is 15.4. The normalized spacial score (nSPS) is 17.7. The standard InChI is InChI=1S/C18H19NO3S2/c1-12-6-4-5-7-14(12)11-19-16-10-15(24(3,21)22)8-9-17(16)23-13(2)18(19)20/h4-10,13H,11H2,1-3H3. The van der Waals surface area contributed by atoms with Gasteiger partial charge < -0.3 is 4.90 Å². The molecular formula is C18H19NO3S2. The highest BCUT2D eigenvalue weighted by atomic mass is 32.2. The lowest BCUT2D eigenvalue weighted by Crippen LogP contribution is -2.39. The van der Waals surface area contributed by atoms with Crippen molar-refractivity contribution in [2.45, 2.75) is 35.4 Å². The fraction of sp³-hybridized carbons (Fsp3) is 0.278. The lowest BCUT2D eigenvalue weighted by Gasteiger charge is -2.33. The van der Waals surface area contributed by atoms with Crippen LogP contribution in [0.15, 0.2) is 52.3 Å². The summed E-state index contributed by atoms with van der Waals surface area (Å²) in [5.74, 6) is 0.00130. The van der Waals surface area contributed by atoms with Crippen molar-refractivity contribution < 1.29 is 13.2 Å².